The first kappa shape index (κ1) is 14.2. The van der Waals surface area contributed by atoms with Gasteiger partial charge in [-0.15, -0.1) is 0 Å². The van der Waals surface area contributed by atoms with E-state index in [0.29, 0.717) is 11.6 Å². The standard InChI is InChI=1S/C14H13ClNO2P/c15-13-8-6-12(7-9-13)14(19(17)18)16-10-11-4-2-1-3-5-11/h1-9,14,16H,10H2/p+2/t14-/m1/s1. The zero-order chi connectivity index (χ0) is 13.7. The minimum absolute atomic E-state index is 0.465. The van der Waals surface area contributed by atoms with Crippen molar-refractivity contribution in [3.8, 4) is 0 Å². The molecule has 5 heteroatoms. The van der Waals surface area contributed by atoms with E-state index < -0.39 is 13.8 Å². The molecule has 3 nitrogen and oxygen atoms in total. The molecule has 0 heterocycles. The first-order valence-corrected chi connectivity index (χ1v) is 7.61. The average molecular weight is 296 g/mol. The molecule has 0 fully saturated rings. The molecule has 1 unspecified atom stereocenters. The minimum Gasteiger partial charge on any atom is -0.293 e. The van der Waals surface area contributed by atoms with Gasteiger partial charge in [0.1, 0.15) is 6.54 Å². The maximum absolute atomic E-state index is 11.5. The first-order valence-electron chi connectivity index (χ1n) is 5.95. The third-order valence-corrected chi connectivity index (χ3v) is 4.11. The Bertz CT molecular complexity index is 545. The van der Waals surface area contributed by atoms with Gasteiger partial charge in [0.05, 0.1) is 5.56 Å². The minimum atomic E-state index is -2.29. The van der Waals surface area contributed by atoms with E-state index in [1.807, 2.05) is 35.6 Å². The first-order chi connectivity index (χ1) is 9.16. The van der Waals surface area contributed by atoms with Gasteiger partial charge in [0, 0.05) is 10.6 Å². The predicted octanol–water partition coefficient (Wildman–Crippen LogP) is 2.84. The summed E-state index contributed by atoms with van der Waals surface area (Å²) in [5, 5.41) is 2.50. The molecule has 0 saturated heterocycles. The summed E-state index contributed by atoms with van der Waals surface area (Å²) in [6, 6.07) is 16.9. The maximum Gasteiger partial charge on any atom is 0.574 e. The Kier molecular flexibility index (Phi) is 5.06. The Hall–Kier alpha value is -1.25. The highest BCUT2D eigenvalue weighted by atomic mass is 35.5. The van der Waals surface area contributed by atoms with Crippen molar-refractivity contribution in [1.29, 1.82) is 0 Å². The lowest BCUT2D eigenvalue weighted by molar-refractivity contribution is -0.691. The molecular weight excluding hydrogens is 281 g/mol. The van der Waals surface area contributed by atoms with Crippen molar-refractivity contribution < 1.29 is 14.8 Å². The quantitative estimate of drug-likeness (QED) is 0.833. The summed E-state index contributed by atoms with van der Waals surface area (Å²) in [6.07, 6.45) is 0. The monoisotopic (exact) mass is 295 g/mol. The van der Waals surface area contributed by atoms with Crippen LogP contribution in [0.25, 0.3) is 0 Å². The number of quaternary nitrogens is 1. The van der Waals surface area contributed by atoms with Crippen LogP contribution in [0.3, 0.4) is 0 Å². The molecule has 19 heavy (non-hydrogen) atoms. The number of nitrogens with two attached hydrogens (primary N) is 1. The van der Waals surface area contributed by atoms with Crippen LogP contribution in [0.2, 0.25) is 5.02 Å². The molecule has 0 aromatic heterocycles. The van der Waals surface area contributed by atoms with E-state index in [1.165, 1.54) is 0 Å². The zero-order valence-corrected chi connectivity index (χ0v) is 11.9. The predicted molar refractivity (Wildman–Crippen MR) is 76.1 cm³/mol. The molecule has 0 saturated carbocycles. The summed E-state index contributed by atoms with van der Waals surface area (Å²) in [7, 11) is -2.29. The number of rotatable bonds is 5. The summed E-state index contributed by atoms with van der Waals surface area (Å²) >= 11 is 5.82. The van der Waals surface area contributed by atoms with Crippen LogP contribution in [-0.4, -0.2) is 4.89 Å². The molecule has 2 aromatic carbocycles. The third kappa shape index (κ3) is 4.12. The largest absolute Gasteiger partial charge is 0.574 e. The van der Waals surface area contributed by atoms with E-state index in [9.17, 15) is 9.46 Å². The molecule has 0 aliphatic heterocycles. The second-order valence-corrected chi connectivity index (χ2v) is 5.82. The van der Waals surface area contributed by atoms with Gasteiger partial charge in [-0.05, 0) is 28.8 Å². The fourth-order valence-corrected chi connectivity index (χ4v) is 2.71. The van der Waals surface area contributed by atoms with Gasteiger partial charge in [-0.25, -0.2) is 0 Å². The molecule has 98 valence electrons. The fourth-order valence-electron chi connectivity index (χ4n) is 1.88. The fraction of sp³-hybridized carbons (Fsp3) is 0.143. The van der Waals surface area contributed by atoms with Crippen molar-refractivity contribution in [3.05, 3.63) is 70.7 Å². The summed E-state index contributed by atoms with van der Waals surface area (Å²) < 4.78 is 11.5. The molecule has 0 amide bonds. The topological polar surface area (TPSA) is 53.9 Å². The Morgan fingerprint density at radius 2 is 1.74 bits per heavy atom. The van der Waals surface area contributed by atoms with Crippen LogP contribution in [0.15, 0.2) is 54.6 Å². The lowest BCUT2D eigenvalue weighted by Gasteiger charge is -2.05. The van der Waals surface area contributed by atoms with E-state index in [-0.39, 0.29) is 0 Å². The highest BCUT2D eigenvalue weighted by molar-refractivity contribution is 7.38. The summed E-state index contributed by atoms with van der Waals surface area (Å²) in [5.41, 5.74) is 1.93. The molecule has 0 radical (unpaired) electrons. The summed E-state index contributed by atoms with van der Waals surface area (Å²) in [6.45, 7) is 0.662. The van der Waals surface area contributed by atoms with Crippen LogP contribution >= 0.6 is 19.6 Å². The van der Waals surface area contributed by atoms with Crippen molar-refractivity contribution in [2.45, 2.75) is 12.3 Å². The summed E-state index contributed by atoms with van der Waals surface area (Å²) in [5.74, 6) is -0.465. The summed E-state index contributed by atoms with van der Waals surface area (Å²) in [4.78, 5) is 9.46. The second-order valence-electron chi connectivity index (χ2n) is 4.22. The zero-order valence-electron chi connectivity index (χ0n) is 10.2. The van der Waals surface area contributed by atoms with Gasteiger partial charge < -0.3 is 0 Å². The van der Waals surface area contributed by atoms with Crippen molar-refractivity contribution in [2.75, 3.05) is 0 Å². The van der Waals surface area contributed by atoms with Crippen LogP contribution in [0, 0.1) is 0 Å². The lowest BCUT2D eigenvalue weighted by atomic mass is 10.2. The van der Waals surface area contributed by atoms with Crippen molar-refractivity contribution >= 4 is 19.6 Å². The van der Waals surface area contributed by atoms with Crippen LogP contribution in [0.4, 0.5) is 0 Å². The number of hydrogen-bond acceptors (Lipinski definition) is 1. The SMILES string of the molecule is O=[P+](O)[C@@H]([NH2+]Cc1ccccc1)c1ccc(Cl)cc1. The highest BCUT2D eigenvalue weighted by Crippen LogP contribution is 2.31. The second kappa shape index (κ2) is 6.78. The van der Waals surface area contributed by atoms with Gasteiger partial charge in [-0.3, -0.25) is 5.32 Å². The molecule has 2 rings (SSSR count). The van der Waals surface area contributed by atoms with E-state index >= 15 is 0 Å². The Balaban J connectivity index is 2.09. The van der Waals surface area contributed by atoms with Gasteiger partial charge in [0.25, 0.3) is 0 Å². The van der Waals surface area contributed by atoms with Crippen LogP contribution < -0.4 is 5.32 Å². The molecule has 0 bridgehead atoms. The van der Waals surface area contributed by atoms with E-state index in [2.05, 4.69) is 0 Å². The Morgan fingerprint density at radius 3 is 2.32 bits per heavy atom. The van der Waals surface area contributed by atoms with Gasteiger partial charge >= 0.3 is 13.8 Å². The Labute approximate surface area is 118 Å². The Morgan fingerprint density at radius 1 is 1.11 bits per heavy atom. The molecule has 0 aliphatic rings. The molecule has 2 aromatic rings. The molecule has 2 atom stereocenters. The van der Waals surface area contributed by atoms with Crippen LogP contribution in [0.1, 0.15) is 16.9 Å². The molecule has 0 aliphatic carbocycles. The molecule has 0 spiro atoms. The maximum atomic E-state index is 11.5. The van der Waals surface area contributed by atoms with Crippen molar-refractivity contribution in [3.63, 3.8) is 0 Å². The number of hydrogen-bond donors (Lipinski definition) is 2. The van der Waals surface area contributed by atoms with Gasteiger partial charge in [0.2, 0.25) is 0 Å². The highest BCUT2D eigenvalue weighted by Gasteiger charge is 2.34. The smallest absolute Gasteiger partial charge is 0.293 e. The van der Waals surface area contributed by atoms with Gasteiger partial charge in [0.15, 0.2) is 0 Å². The third-order valence-electron chi connectivity index (χ3n) is 2.87. The normalized spacial score (nSPS) is 13.1. The number of halogens is 1. The lowest BCUT2D eigenvalue weighted by Crippen LogP contribution is -2.82. The number of benzene rings is 2. The van der Waals surface area contributed by atoms with Gasteiger partial charge in [-0.1, -0.05) is 41.9 Å². The van der Waals surface area contributed by atoms with E-state index in [1.54, 1.807) is 24.3 Å². The van der Waals surface area contributed by atoms with Crippen LogP contribution in [-0.2, 0) is 11.1 Å². The van der Waals surface area contributed by atoms with Crippen LogP contribution in [0.5, 0.6) is 0 Å². The van der Waals surface area contributed by atoms with E-state index in [4.69, 9.17) is 11.6 Å². The van der Waals surface area contributed by atoms with Crippen molar-refractivity contribution in [2.24, 2.45) is 0 Å². The average Bonchev–Trinajstić information content (AvgIpc) is 2.42. The van der Waals surface area contributed by atoms with Gasteiger partial charge in [-0.2, -0.15) is 4.89 Å². The van der Waals surface area contributed by atoms with Crippen molar-refractivity contribution in [1.82, 2.24) is 0 Å². The molecule has 3 N–H and O–H groups in total. The molecular formula is C14H15ClNO2P+2. The van der Waals surface area contributed by atoms with E-state index in [0.717, 1.165) is 11.1 Å².